The Balaban J connectivity index is 1.72. The topological polar surface area (TPSA) is 75.7 Å². The molecule has 0 aliphatic carbocycles. The van der Waals surface area contributed by atoms with Crippen molar-refractivity contribution in [3.63, 3.8) is 0 Å². The standard InChI is InChI=1S/C20H24N2O4S/c1-15-5-4-12-22(14-15)27(24,25)19-10-8-17(9-11-19)21-20(23)16-6-3-7-18(13-16)26-2/h3,6-11,13,15H,4-5,12,14H2,1-2H3,(H,21,23)/t15-/m0/s1. The third kappa shape index (κ3) is 4.48. The summed E-state index contributed by atoms with van der Waals surface area (Å²) in [5.41, 5.74) is 1.00. The van der Waals surface area contributed by atoms with Gasteiger partial charge in [-0.15, -0.1) is 0 Å². The molecule has 144 valence electrons. The van der Waals surface area contributed by atoms with Gasteiger partial charge in [-0.25, -0.2) is 8.42 Å². The van der Waals surface area contributed by atoms with Gasteiger partial charge in [0, 0.05) is 24.3 Å². The summed E-state index contributed by atoms with van der Waals surface area (Å²) in [4.78, 5) is 12.6. The lowest BCUT2D eigenvalue weighted by molar-refractivity contribution is 0.102. The lowest BCUT2D eigenvalue weighted by Gasteiger charge is -2.30. The van der Waals surface area contributed by atoms with Gasteiger partial charge < -0.3 is 10.1 Å². The number of rotatable bonds is 5. The van der Waals surface area contributed by atoms with Crippen LogP contribution in [0.5, 0.6) is 5.75 Å². The number of nitrogens with zero attached hydrogens (tertiary/aromatic N) is 1. The van der Waals surface area contributed by atoms with Gasteiger partial charge in [-0.05, 0) is 61.2 Å². The van der Waals surface area contributed by atoms with Gasteiger partial charge in [0.15, 0.2) is 0 Å². The van der Waals surface area contributed by atoms with Crippen molar-refractivity contribution in [2.75, 3.05) is 25.5 Å². The molecule has 1 aliphatic heterocycles. The Hall–Kier alpha value is -2.38. The smallest absolute Gasteiger partial charge is 0.255 e. The molecule has 1 heterocycles. The molecule has 1 aliphatic rings. The van der Waals surface area contributed by atoms with Gasteiger partial charge in [0.2, 0.25) is 10.0 Å². The van der Waals surface area contributed by atoms with E-state index in [9.17, 15) is 13.2 Å². The number of benzene rings is 2. The van der Waals surface area contributed by atoms with E-state index in [1.165, 1.54) is 12.1 Å². The highest BCUT2D eigenvalue weighted by Crippen LogP contribution is 2.24. The molecule has 1 amide bonds. The van der Waals surface area contributed by atoms with Crippen molar-refractivity contribution in [2.45, 2.75) is 24.7 Å². The second-order valence-corrected chi connectivity index (χ2v) is 8.76. The molecule has 0 aromatic heterocycles. The van der Waals surface area contributed by atoms with Gasteiger partial charge in [0.25, 0.3) is 5.91 Å². The van der Waals surface area contributed by atoms with Crippen molar-refractivity contribution in [2.24, 2.45) is 5.92 Å². The summed E-state index contributed by atoms with van der Waals surface area (Å²) in [6.45, 7) is 3.18. The number of carbonyl (C=O) groups is 1. The molecule has 1 N–H and O–H groups in total. The first-order valence-corrected chi connectivity index (χ1v) is 10.4. The largest absolute Gasteiger partial charge is 0.497 e. The SMILES string of the molecule is COc1cccc(C(=O)Nc2ccc(S(=O)(=O)N3CCC[C@H](C)C3)cc2)c1. The first kappa shape index (κ1) is 19.4. The lowest BCUT2D eigenvalue weighted by atomic mass is 10.0. The molecule has 6 nitrogen and oxygen atoms in total. The van der Waals surface area contributed by atoms with Crippen LogP contribution < -0.4 is 10.1 Å². The zero-order valence-corrected chi connectivity index (χ0v) is 16.3. The number of hydrogen-bond donors (Lipinski definition) is 1. The van der Waals surface area contributed by atoms with Crippen LogP contribution in [0, 0.1) is 5.92 Å². The third-order valence-corrected chi connectivity index (χ3v) is 6.58. The van der Waals surface area contributed by atoms with E-state index in [1.807, 2.05) is 0 Å². The maximum absolute atomic E-state index is 12.8. The fraction of sp³-hybridized carbons (Fsp3) is 0.350. The van der Waals surface area contributed by atoms with Crippen LogP contribution in [0.25, 0.3) is 0 Å². The van der Waals surface area contributed by atoms with Crippen LogP contribution in [-0.2, 0) is 10.0 Å². The summed E-state index contributed by atoms with van der Waals surface area (Å²) >= 11 is 0. The van der Waals surface area contributed by atoms with E-state index in [-0.39, 0.29) is 10.8 Å². The van der Waals surface area contributed by atoms with Crippen molar-refractivity contribution in [1.29, 1.82) is 0 Å². The van der Waals surface area contributed by atoms with Crippen molar-refractivity contribution < 1.29 is 17.9 Å². The van der Waals surface area contributed by atoms with Gasteiger partial charge in [0.05, 0.1) is 12.0 Å². The average Bonchev–Trinajstić information content (AvgIpc) is 2.68. The summed E-state index contributed by atoms with van der Waals surface area (Å²) in [6.07, 6.45) is 1.94. The molecular weight excluding hydrogens is 364 g/mol. The number of anilines is 1. The van der Waals surface area contributed by atoms with Crippen molar-refractivity contribution >= 4 is 21.6 Å². The van der Waals surface area contributed by atoms with Gasteiger partial charge in [-0.3, -0.25) is 4.79 Å². The van der Waals surface area contributed by atoms with E-state index in [4.69, 9.17) is 4.74 Å². The zero-order valence-electron chi connectivity index (χ0n) is 15.5. The van der Waals surface area contributed by atoms with Gasteiger partial charge >= 0.3 is 0 Å². The summed E-state index contributed by atoms with van der Waals surface area (Å²) in [7, 11) is -1.96. The first-order valence-electron chi connectivity index (χ1n) is 8.96. The Bertz CT molecular complexity index is 910. The Morgan fingerprint density at radius 1 is 1.19 bits per heavy atom. The van der Waals surface area contributed by atoms with Crippen LogP contribution in [0.15, 0.2) is 53.4 Å². The van der Waals surface area contributed by atoms with Crippen molar-refractivity contribution in [1.82, 2.24) is 4.31 Å². The number of methoxy groups -OCH3 is 1. The minimum atomic E-state index is -3.50. The predicted molar refractivity (Wildman–Crippen MR) is 105 cm³/mol. The van der Waals surface area contributed by atoms with E-state index >= 15 is 0 Å². The molecule has 3 rings (SSSR count). The number of nitrogens with one attached hydrogen (secondary N) is 1. The minimum absolute atomic E-state index is 0.246. The maximum Gasteiger partial charge on any atom is 0.255 e. The highest BCUT2D eigenvalue weighted by Gasteiger charge is 2.28. The summed E-state index contributed by atoms with van der Waals surface area (Å²) in [5.74, 6) is 0.684. The average molecular weight is 388 g/mol. The molecule has 7 heteroatoms. The maximum atomic E-state index is 12.8. The number of sulfonamides is 1. The minimum Gasteiger partial charge on any atom is -0.497 e. The van der Waals surface area contributed by atoms with Gasteiger partial charge in [-0.1, -0.05) is 13.0 Å². The lowest BCUT2D eigenvalue weighted by Crippen LogP contribution is -2.39. The van der Waals surface area contributed by atoms with Crippen LogP contribution in [-0.4, -0.2) is 38.8 Å². The van der Waals surface area contributed by atoms with Crippen LogP contribution in [0.1, 0.15) is 30.1 Å². The predicted octanol–water partition coefficient (Wildman–Crippen LogP) is 3.37. The molecule has 0 bridgehead atoms. The van der Waals surface area contributed by atoms with Crippen LogP contribution in [0.2, 0.25) is 0 Å². The third-order valence-electron chi connectivity index (χ3n) is 4.70. The van der Waals surface area contributed by atoms with Crippen LogP contribution >= 0.6 is 0 Å². The molecular formula is C20H24N2O4S. The molecule has 0 unspecified atom stereocenters. The van der Waals surface area contributed by atoms with Crippen LogP contribution in [0.3, 0.4) is 0 Å². The number of hydrogen-bond acceptors (Lipinski definition) is 4. The first-order chi connectivity index (χ1) is 12.9. The van der Waals surface area contributed by atoms with Gasteiger partial charge in [0.1, 0.15) is 5.75 Å². The van der Waals surface area contributed by atoms with Crippen LogP contribution in [0.4, 0.5) is 5.69 Å². The summed E-state index contributed by atoms with van der Waals surface area (Å²) in [5, 5.41) is 2.77. The molecule has 1 fully saturated rings. The second kappa shape index (κ2) is 8.10. The molecule has 0 spiro atoms. The molecule has 0 radical (unpaired) electrons. The summed E-state index contributed by atoms with van der Waals surface area (Å²) < 4.78 is 32.2. The normalized spacial score (nSPS) is 18.1. The second-order valence-electron chi connectivity index (χ2n) is 6.82. The monoisotopic (exact) mass is 388 g/mol. The number of amides is 1. The fourth-order valence-corrected chi connectivity index (χ4v) is 4.79. The van der Waals surface area contributed by atoms with Gasteiger partial charge in [-0.2, -0.15) is 4.31 Å². The molecule has 1 atom stereocenters. The molecule has 2 aromatic rings. The van der Waals surface area contributed by atoms with E-state index < -0.39 is 10.0 Å². The molecule has 27 heavy (non-hydrogen) atoms. The Morgan fingerprint density at radius 3 is 2.59 bits per heavy atom. The van der Waals surface area contributed by atoms with E-state index in [0.717, 1.165) is 12.8 Å². The van der Waals surface area contributed by atoms with E-state index in [0.29, 0.717) is 36.0 Å². The quantitative estimate of drug-likeness (QED) is 0.852. The Kier molecular flexibility index (Phi) is 5.82. The Labute approximate surface area is 160 Å². The highest BCUT2D eigenvalue weighted by molar-refractivity contribution is 7.89. The van der Waals surface area contributed by atoms with E-state index in [1.54, 1.807) is 47.8 Å². The molecule has 2 aromatic carbocycles. The highest BCUT2D eigenvalue weighted by atomic mass is 32.2. The van der Waals surface area contributed by atoms with E-state index in [2.05, 4.69) is 12.2 Å². The fourth-order valence-electron chi connectivity index (χ4n) is 3.19. The number of piperidine rings is 1. The molecule has 1 saturated heterocycles. The van der Waals surface area contributed by atoms with Crippen molar-refractivity contribution in [3.05, 3.63) is 54.1 Å². The number of carbonyl (C=O) groups excluding carboxylic acids is 1. The summed E-state index contributed by atoms with van der Waals surface area (Å²) in [6, 6.07) is 13.1. The zero-order chi connectivity index (χ0) is 19.4. The number of ether oxygens (including phenoxy) is 1. The Morgan fingerprint density at radius 2 is 1.93 bits per heavy atom. The van der Waals surface area contributed by atoms with Crippen molar-refractivity contribution in [3.8, 4) is 5.75 Å². The molecule has 0 saturated carbocycles.